The van der Waals surface area contributed by atoms with E-state index in [-0.39, 0.29) is 5.54 Å². The smallest absolute Gasteiger partial charge is 0.106 e. The van der Waals surface area contributed by atoms with E-state index >= 15 is 0 Å². The summed E-state index contributed by atoms with van der Waals surface area (Å²) in [4.78, 5) is 4.43. The second-order valence-corrected chi connectivity index (χ2v) is 7.24. The molecule has 0 atom stereocenters. The van der Waals surface area contributed by atoms with E-state index in [9.17, 15) is 0 Å². The Kier molecular flexibility index (Phi) is 4.73. The van der Waals surface area contributed by atoms with Gasteiger partial charge in [-0.3, -0.25) is 0 Å². The Morgan fingerprint density at radius 1 is 1.18 bits per heavy atom. The molecule has 0 aliphatic heterocycles. The molecule has 0 aromatic carbocycles. The predicted molar refractivity (Wildman–Crippen MR) is 76.9 cm³/mol. The molecule has 1 aromatic rings. The second kappa shape index (κ2) is 5.49. The molecule has 1 N–H and O–H groups in total. The number of aromatic nitrogens is 1. The summed E-state index contributed by atoms with van der Waals surface area (Å²) < 4.78 is 0.894. The van der Waals surface area contributed by atoms with Crippen LogP contribution in [-0.4, -0.2) is 10.5 Å². The van der Waals surface area contributed by atoms with Crippen LogP contribution in [0.3, 0.4) is 0 Å². The van der Waals surface area contributed by atoms with Gasteiger partial charge in [0.05, 0.1) is 5.69 Å². The van der Waals surface area contributed by atoms with Crippen molar-refractivity contribution in [3.63, 3.8) is 0 Å². The minimum absolute atomic E-state index is 0.127. The molecular formula is C14H23BrN2. The van der Waals surface area contributed by atoms with Gasteiger partial charge in [-0.25, -0.2) is 4.98 Å². The molecule has 0 amide bonds. The van der Waals surface area contributed by atoms with Crippen LogP contribution in [0.5, 0.6) is 0 Å². The standard InChI is InChI=1S/C14H23BrN2/c1-13(2,3)10-14(4,5)16-9-11-7-6-8-12(15)17-11/h6-8,16H,9-10H2,1-5H3. The molecule has 0 aliphatic carbocycles. The third-order valence-electron chi connectivity index (χ3n) is 2.49. The summed E-state index contributed by atoms with van der Waals surface area (Å²) in [6, 6.07) is 6.01. The predicted octanol–water partition coefficient (Wildman–Crippen LogP) is 4.15. The molecule has 2 nitrogen and oxygen atoms in total. The van der Waals surface area contributed by atoms with Crippen molar-refractivity contribution in [2.45, 2.75) is 53.1 Å². The van der Waals surface area contributed by atoms with Gasteiger partial charge >= 0.3 is 0 Å². The normalized spacial score (nSPS) is 12.8. The zero-order valence-corrected chi connectivity index (χ0v) is 13.1. The molecule has 1 heterocycles. The van der Waals surface area contributed by atoms with Crippen LogP contribution in [-0.2, 0) is 6.54 Å². The molecule has 0 unspecified atom stereocenters. The number of nitrogens with one attached hydrogen (secondary N) is 1. The molecule has 0 saturated carbocycles. The molecule has 1 rings (SSSR count). The minimum atomic E-state index is 0.127. The summed E-state index contributed by atoms with van der Waals surface area (Å²) in [5.74, 6) is 0. The van der Waals surface area contributed by atoms with Crippen LogP contribution >= 0.6 is 15.9 Å². The maximum atomic E-state index is 4.43. The third-order valence-corrected chi connectivity index (χ3v) is 2.93. The molecule has 0 radical (unpaired) electrons. The van der Waals surface area contributed by atoms with E-state index in [1.54, 1.807) is 0 Å². The van der Waals surface area contributed by atoms with Crippen LogP contribution < -0.4 is 5.32 Å². The summed E-state index contributed by atoms with van der Waals surface area (Å²) >= 11 is 3.39. The first kappa shape index (κ1) is 14.7. The van der Waals surface area contributed by atoms with Gasteiger partial charge < -0.3 is 5.32 Å². The van der Waals surface area contributed by atoms with Crippen molar-refractivity contribution in [2.75, 3.05) is 0 Å². The first-order valence-corrected chi connectivity index (χ1v) is 6.84. The number of halogens is 1. The van der Waals surface area contributed by atoms with Crippen LogP contribution in [0.2, 0.25) is 0 Å². The summed E-state index contributed by atoms with van der Waals surface area (Å²) in [7, 11) is 0. The topological polar surface area (TPSA) is 24.9 Å². The van der Waals surface area contributed by atoms with E-state index in [0.717, 1.165) is 23.3 Å². The van der Waals surface area contributed by atoms with E-state index in [2.05, 4.69) is 60.8 Å². The average molecular weight is 299 g/mol. The van der Waals surface area contributed by atoms with Gasteiger partial charge in [-0.05, 0) is 53.7 Å². The van der Waals surface area contributed by atoms with Gasteiger partial charge in [-0.15, -0.1) is 0 Å². The van der Waals surface area contributed by atoms with Gasteiger partial charge in [0.2, 0.25) is 0 Å². The molecular weight excluding hydrogens is 276 g/mol. The first-order chi connectivity index (χ1) is 7.68. The highest BCUT2D eigenvalue weighted by Gasteiger charge is 2.24. The van der Waals surface area contributed by atoms with Gasteiger partial charge in [0.25, 0.3) is 0 Å². The molecule has 3 heteroatoms. The largest absolute Gasteiger partial charge is 0.306 e. The lowest BCUT2D eigenvalue weighted by molar-refractivity contribution is 0.240. The molecule has 0 fully saturated rings. The lowest BCUT2D eigenvalue weighted by atomic mass is 9.82. The average Bonchev–Trinajstić information content (AvgIpc) is 2.11. The fourth-order valence-electron chi connectivity index (χ4n) is 2.27. The summed E-state index contributed by atoms with van der Waals surface area (Å²) in [6.07, 6.45) is 1.13. The van der Waals surface area contributed by atoms with Crippen molar-refractivity contribution in [1.82, 2.24) is 10.3 Å². The summed E-state index contributed by atoms with van der Waals surface area (Å²) in [6.45, 7) is 12.1. The van der Waals surface area contributed by atoms with Crippen molar-refractivity contribution in [2.24, 2.45) is 5.41 Å². The molecule has 0 aliphatic rings. The van der Waals surface area contributed by atoms with Crippen molar-refractivity contribution in [1.29, 1.82) is 0 Å². The quantitative estimate of drug-likeness (QED) is 0.845. The fourth-order valence-corrected chi connectivity index (χ4v) is 2.65. The van der Waals surface area contributed by atoms with E-state index < -0.39 is 0 Å². The third kappa shape index (κ3) is 6.18. The van der Waals surface area contributed by atoms with Gasteiger partial charge in [-0.1, -0.05) is 26.8 Å². The molecule has 1 aromatic heterocycles. The number of pyridine rings is 1. The van der Waals surface area contributed by atoms with E-state index in [4.69, 9.17) is 0 Å². The van der Waals surface area contributed by atoms with Crippen molar-refractivity contribution in [3.8, 4) is 0 Å². The van der Waals surface area contributed by atoms with E-state index in [1.165, 1.54) is 0 Å². The van der Waals surface area contributed by atoms with Crippen LogP contribution in [0.15, 0.2) is 22.8 Å². The molecule has 0 spiro atoms. The fraction of sp³-hybridized carbons (Fsp3) is 0.643. The lowest BCUT2D eigenvalue weighted by Gasteiger charge is -2.33. The van der Waals surface area contributed by atoms with E-state index in [0.29, 0.717) is 5.41 Å². The van der Waals surface area contributed by atoms with Gasteiger partial charge in [-0.2, -0.15) is 0 Å². The number of nitrogens with zero attached hydrogens (tertiary/aromatic N) is 1. The zero-order valence-electron chi connectivity index (χ0n) is 11.5. The van der Waals surface area contributed by atoms with Crippen molar-refractivity contribution in [3.05, 3.63) is 28.5 Å². The van der Waals surface area contributed by atoms with Gasteiger partial charge in [0.1, 0.15) is 4.60 Å². The maximum absolute atomic E-state index is 4.43. The highest BCUT2D eigenvalue weighted by molar-refractivity contribution is 9.10. The highest BCUT2D eigenvalue weighted by Crippen LogP contribution is 2.26. The molecule has 17 heavy (non-hydrogen) atoms. The monoisotopic (exact) mass is 298 g/mol. The minimum Gasteiger partial charge on any atom is -0.306 e. The van der Waals surface area contributed by atoms with Crippen LogP contribution in [0.25, 0.3) is 0 Å². The molecule has 0 bridgehead atoms. The van der Waals surface area contributed by atoms with Gasteiger partial charge in [0.15, 0.2) is 0 Å². The molecule has 96 valence electrons. The van der Waals surface area contributed by atoms with Crippen LogP contribution in [0.4, 0.5) is 0 Å². The first-order valence-electron chi connectivity index (χ1n) is 6.04. The Morgan fingerprint density at radius 3 is 2.35 bits per heavy atom. The van der Waals surface area contributed by atoms with Crippen LogP contribution in [0, 0.1) is 5.41 Å². The van der Waals surface area contributed by atoms with Crippen LogP contribution in [0.1, 0.15) is 46.7 Å². The highest BCUT2D eigenvalue weighted by atomic mass is 79.9. The Morgan fingerprint density at radius 2 is 1.82 bits per heavy atom. The Bertz CT molecular complexity index is 367. The number of hydrogen-bond acceptors (Lipinski definition) is 2. The van der Waals surface area contributed by atoms with Gasteiger partial charge in [0, 0.05) is 12.1 Å². The number of hydrogen-bond donors (Lipinski definition) is 1. The zero-order chi connectivity index (χ0) is 13.1. The SMILES string of the molecule is CC(C)(C)CC(C)(C)NCc1cccc(Br)n1. The lowest BCUT2D eigenvalue weighted by Crippen LogP contribution is -2.42. The van der Waals surface area contributed by atoms with Crippen molar-refractivity contribution >= 4 is 15.9 Å². The van der Waals surface area contributed by atoms with Crippen molar-refractivity contribution < 1.29 is 0 Å². The summed E-state index contributed by atoms with van der Waals surface area (Å²) in [5.41, 5.74) is 1.53. The second-order valence-electron chi connectivity index (χ2n) is 6.43. The maximum Gasteiger partial charge on any atom is 0.106 e. The molecule has 0 saturated heterocycles. The Hall–Kier alpha value is -0.410. The Balaban J connectivity index is 2.55. The van der Waals surface area contributed by atoms with E-state index in [1.807, 2.05) is 18.2 Å². The Labute approximate surface area is 113 Å². The number of rotatable bonds is 4. The summed E-state index contributed by atoms with van der Waals surface area (Å²) in [5, 5.41) is 3.58.